The van der Waals surface area contributed by atoms with Crippen LogP contribution in [0, 0.1) is 17.8 Å². The normalized spacial score (nSPS) is 22.5. The lowest BCUT2D eigenvalue weighted by Gasteiger charge is -2.35. The zero-order valence-electron chi connectivity index (χ0n) is 21.7. The predicted molar refractivity (Wildman–Crippen MR) is 147 cm³/mol. The summed E-state index contributed by atoms with van der Waals surface area (Å²) in [7, 11) is 0. The summed E-state index contributed by atoms with van der Waals surface area (Å²) in [6, 6.07) is 12.9. The maximum atomic E-state index is 13.5. The molecule has 1 fully saturated rings. The number of imide groups is 1. The SMILES string of the molecule is CC1=C([C@H](O)CC/C(=C/c2ccc(CO)o2)c2ccccn2)[C@H](CO)[C@@H]2C(=O)N(Cc3cccs3)C(=O)[C@@H]2C1. The van der Waals surface area contributed by atoms with Gasteiger partial charge in [0.25, 0.3) is 0 Å². The molecule has 0 aromatic carbocycles. The number of allylic oxidation sites excluding steroid dienone is 2. The summed E-state index contributed by atoms with van der Waals surface area (Å²) >= 11 is 1.49. The number of pyridine rings is 1. The summed E-state index contributed by atoms with van der Waals surface area (Å²) in [5, 5.41) is 33.1. The molecule has 0 unspecified atom stereocenters. The molecule has 1 aliphatic carbocycles. The largest absolute Gasteiger partial charge is 0.459 e. The Morgan fingerprint density at radius 1 is 1.18 bits per heavy atom. The van der Waals surface area contributed by atoms with Crippen LogP contribution in [0.15, 0.2) is 69.6 Å². The molecule has 4 atom stereocenters. The zero-order chi connectivity index (χ0) is 27.5. The molecule has 0 radical (unpaired) electrons. The van der Waals surface area contributed by atoms with Crippen LogP contribution in [-0.2, 0) is 22.7 Å². The fourth-order valence-electron chi connectivity index (χ4n) is 5.90. The van der Waals surface area contributed by atoms with E-state index in [9.17, 15) is 24.9 Å². The topological polar surface area (TPSA) is 124 Å². The van der Waals surface area contributed by atoms with Crippen LogP contribution in [0.4, 0.5) is 0 Å². The number of amides is 2. The number of aromatic nitrogens is 1. The van der Waals surface area contributed by atoms with E-state index in [1.165, 1.54) is 16.2 Å². The molecular formula is C30H32N2O6S. The van der Waals surface area contributed by atoms with E-state index >= 15 is 0 Å². The van der Waals surface area contributed by atoms with Crippen molar-refractivity contribution in [2.75, 3.05) is 6.61 Å². The second-order valence-corrected chi connectivity index (χ2v) is 11.1. The van der Waals surface area contributed by atoms with E-state index < -0.39 is 23.9 Å². The van der Waals surface area contributed by atoms with Crippen molar-refractivity contribution in [2.24, 2.45) is 17.8 Å². The standard InChI is InChI=1S/C30H32N2O6S/c1-18-13-23-28(30(37)32(29(23)36)15-22-5-4-12-39-22)24(17-34)27(18)26(35)10-7-19(25-6-2-3-11-31-25)14-20-8-9-21(16-33)38-20/h2-6,8-9,11-12,14,23-24,26,28,33-35H,7,10,13,15-17H2,1H3/b19-14-/t23-,24+,26-,28-/m1/s1. The molecule has 4 heterocycles. The smallest absolute Gasteiger partial charge is 0.234 e. The summed E-state index contributed by atoms with van der Waals surface area (Å²) in [4.78, 5) is 33.4. The van der Waals surface area contributed by atoms with Crippen molar-refractivity contribution < 1.29 is 29.3 Å². The average Bonchev–Trinajstić information content (AvgIpc) is 3.69. The van der Waals surface area contributed by atoms with Gasteiger partial charge in [-0.15, -0.1) is 11.3 Å². The number of thiophene rings is 1. The summed E-state index contributed by atoms with van der Waals surface area (Å²) in [6.45, 7) is 1.60. The Labute approximate surface area is 230 Å². The van der Waals surface area contributed by atoms with Crippen LogP contribution in [-0.4, -0.2) is 49.7 Å². The van der Waals surface area contributed by atoms with Crippen molar-refractivity contribution in [1.82, 2.24) is 9.88 Å². The fraction of sp³-hybridized carbons (Fsp3) is 0.367. The van der Waals surface area contributed by atoms with Crippen molar-refractivity contribution in [3.8, 4) is 0 Å². The lowest BCUT2D eigenvalue weighted by molar-refractivity contribution is -0.140. The average molecular weight is 549 g/mol. The lowest BCUT2D eigenvalue weighted by Crippen LogP contribution is -2.38. The molecule has 3 aromatic rings. The van der Waals surface area contributed by atoms with E-state index in [1.54, 1.807) is 18.3 Å². The first-order valence-electron chi connectivity index (χ1n) is 13.1. The van der Waals surface area contributed by atoms with E-state index in [0.717, 1.165) is 21.7 Å². The van der Waals surface area contributed by atoms with E-state index in [-0.39, 0.29) is 31.6 Å². The Bertz CT molecular complexity index is 1380. The highest BCUT2D eigenvalue weighted by molar-refractivity contribution is 7.09. The van der Waals surface area contributed by atoms with Crippen LogP contribution in [0.1, 0.15) is 48.3 Å². The quantitative estimate of drug-likeness (QED) is 0.258. The number of aliphatic hydroxyl groups excluding tert-OH is 3. The molecule has 3 aromatic heterocycles. The highest BCUT2D eigenvalue weighted by Gasteiger charge is 2.54. The van der Waals surface area contributed by atoms with Crippen LogP contribution in [0.25, 0.3) is 11.6 Å². The van der Waals surface area contributed by atoms with Crippen LogP contribution < -0.4 is 0 Å². The minimum absolute atomic E-state index is 0.199. The first-order chi connectivity index (χ1) is 18.9. The molecule has 39 heavy (non-hydrogen) atoms. The van der Waals surface area contributed by atoms with Gasteiger partial charge in [0.2, 0.25) is 11.8 Å². The number of aliphatic hydroxyl groups is 3. The van der Waals surface area contributed by atoms with Gasteiger partial charge in [0.1, 0.15) is 18.1 Å². The van der Waals surface area contributed by atoms with Crippen molar-refractivity contribution >= 4 is 34.8 Å². The second kappa shape index (κ2) is 11.8. The number of rotatable bonds is 10. The highest BCUT2D eigenvalue weighted by atomic mass is 32.1. The monoisotopic (exact) mass is 548 g/mol. The summed E-state index contributed by atoms with van der Waals surface area (Å²) in [6.07, 6.45) is 3.80. The van der Waals surface area contributed by atoms with Crippen molar-refractivity contribution in [3.63, 3.8) is 0 Å². The third-order valence-corrected chi connectivity index (χ3v) is 8.57. The van der Waals surface area contributed by atoms with Crippen LogP contribution in [0.3, 0.4) is 0 Å². The minimum Gasteiger partial charge on any atom is -0.459 e. The third-order valence-electron chi connectivity index (χ3n) is 7.71. The van der Waals surface area contributed by atoms with Gasteiger partial charge < -0.3 is 19.7 Å². The van der Waals surface area contributed by atoms with Crippen LogP contribution in [0.5, 0.6) is 0 Å². The molecule has 1 aliphatic heterocycles. The van der Waals surface area contributed by atoms with E-state index in [0.29, 0.717) is 36.4 Å². The summed E-state index contributed by atoms with van der Waals surface area (Å²) in [5.74, 6) is -1.28. The molecule has 5 rings (SSSR count). The molecule has 3 N–H and O–H groups in total. The van der Waals surface area contributed by atoms with Crippen molar-refractivity contribution in [1.29, 1.82) is 0 Å². The molecule has 2 aliphatic rings. The maximum Gasteiger partial charge on any atom is 0.234 e. The van der Waals surface area contributed by atoms with Gasteiger partial charge in [0, 0.05) is 17.0 Å². The Hall–Kier alpha value is -3.37. The van der Waals surface area contributed by atoms with Gasteiger partial charge in [-0.05, 0) is 79.1 Å². The van der Waals surface area contributed by atoms with Crippen molar-refractivity contribution in [2.45, 2.75) is 45.4 Å². The Morgan fingerprint density at radius 3 is 2.69 bits per heavy atom. The molecule has 0 bridgehead atoms. The van der Waals surface area contributed by atoms with Gasteiger partial charge in [-0.25, -0.2) is 0 Å². The zero-order valence-corrected chi connectivity index (χ0v) is 22.5. The molecule has 9 heteroatoms. The number of nitrogens with zero attached hydrogens (tertiary/aromatic N) is 2. The number of furan rings is 1. The van der Waals surface area contributed by atoms with E-state index in [1.807, 2.05) is 48.7 Å². The summed E-state index contributed by atoms with van der Waals surface area (Å²) in [5.41, 5.74) is 3.08. The molecule has 0 spiro atoms. The number of fused-ring (bicyclic) bond motifs is 1. The number of hydrogen-bond donors (Lipinski definition) is 3. The number of likely N-dealkylation sites (tertiary alicyclic amines) is 1. The number of carbonyl (C=O) groups is 2. The Kier molecular flexibility index (Phi) is 8.23. The van der Waals surface area contributed by atoms with Gasteiger partial charge in [0.15, 0.2) is 0 Å². The predicted octanol–water partition coefficient (Wildman–Crippen LogP) is 4.04. The molecule has 204 valence electrons. The molecule has 2 amide bonds. The van der Waals surface area contributed by atoms with Crippen LogP contribution in [0.2, 0.25) is 0 Å². The van der Waals surface area contributed by atoms with E-state index in [2.05, 4.69) is 4.98 Å². The third kappa shape index (κ3) is 5.53. The first kappa shape index (κ1) is 27.2. The molecule has 8 nitrogen and oxygen atoms in total. The maximum absolute atomic E-state index is 13.5. The number of carbonyl (C=O) groups excluding carboxylic acids is 2. The van der Waals surface area contributed by atoms with Crippen molar-refractivity contribution in [3.05, 3.63) is 87.3 Å². The molecular weight excluding hydrogens is 516 g/mol. The molecule has 0 saturated carbocycles. The van der Waals surface area contributed by atoms with Gasteiger partial charge in [-0.1, -0.05) is 17.7 Å². The second-order valence-electron chi connectivity index (χ2n) is 10.1. The van der Waals surface area contributed by atoms with Gasteiger partial charge >= 0.3 is 0 Å². The number of hydrogen-bond acceptors (Lipinski definition) is 8. The minimum atomic E-state index is -0.908. The van der Waals surface area contributed by atoms with Gasteiger partial charge in [-0.2, -0.15) is 0 Å². The first-order valence-corrected chi connectivity index (χ1v) is 14.0. The molecule has 1 saturated heterocycles. The Morgan fingerprint density at radius 2 is 2.03 bits per heavy atom. The fourth-order valence-corrected chi connectivity index (χ4v) is 6.59. The lowest BCUT2D eigenvalue weighted by atomic mass is 9.68. The van der Waals surface area contributed by atoms with Gasteiger partial charge in [-0.3, -0.25) is 19.5 Å². The van der Waals surface area contributed by atoms with Crippen LogP contribution >= 0.6 is 11.3 Å². The highest BCUT2D eigenvalue weighted by Crippen LogP contribution is 2.46. The Balaban J connectivity index is 1.36. The van der Waals surface area contributed by atoms with Gasteiger partial charge in [0.05, 0.1) is 36.8 Å². The summed E-state index contributed by atoms with van der Waals surface area (Å²) < 4.78 is 5.64. The van der Waals surface area contributed by atoms with E-state index in [4.69, 9.17) is 4.42 Å².